The van der Waals surface area contributed by atoms with Gasteiger partial charge in [0.25, 0.3) is 11.6 Å². The zero-order chi connectivity index (χ0) is 14.7. The van der Waals surface area contributed by atoms with Gasteiger partial charge in [-0.05, 0) is 46.9 Å². The van der Waals surface area contributed by atoms with Crippen molar-refractivity contribution in [2.45, 2.75) is 0 Å². The monoisotopic (exact) mass is 386 g/mol. The maximum absolute atomic E-state index is 13.0. The first kappa shape index (κ1) is 14.4. The van der Waals surface area contributed by atoms with E-state index in [9.17, 15) is 19.3 Å². The molecule has 0 radical (unpaired) electrons. The third kappa shape index (κ3) is 3.29. The Bertz CT molecular complexity index is 691. The van der Waals surface area contributed by atoms with Gasteiger partial charge in [-0.15, -0.1) is 0 Å². The number of nitrogens with one attached hydrogen (secondary N) is 1. The SMILES string of the molecule is O=C(Nc1cccc(F)c1)c1cc([N+](=O)[O-])ccc1I. The highest BCUT2D eigenvalue weighted by molar-refractivity contribution is 14.1. The standard InChI is InChI=1S/C13H8FIN2O3/c14-8-2-1-3-9(6-8)16-13(18)11-7-10(17(19)20)4-5-12(11)15/h1-7H,(H,16,18). The van der Waals surface area contributed by atoms with Crippen molar-refractivity contribution in [3.8, 4) is 0 Å². The molecule has 5 nitrogen and oxygen atoms in total. The molecule has 0 aliphatic heterocycles. The Kier molecular flexibility index (Phi) is 4.28. The van der Waals surface area contributed by atoms with Crippen molar-refractivity contribution in [3.63, 3.8) is 0 Å². The van der Waals surface area contributed by atoms with Crippen molar-refractivity contribution < 1.29 is 14.1 Å². The van der Waals surface area contributed by atoms with E-state index in [1.54, 1.807) is 0 Å². The van der Waals surface area contributed by atoms with Crippen LogP contribution in [0, 0.1) is 19.5 Å². The van der Waals surface area contributed by atoms with E-state index >= 15 is 0 Å². The Labute approximate surface area is 127 Å². The summed E-state index contributed by atoms with van der Waals surface area (Å²) in [6, 6.07) is 9.42. The topological polar surface area (TPSA) is 72.2 Å². The molecule has 0 bridgehead atoms. The van der Waals surface area contributed by atoms with Crippen LogP contribution in [0.15, 0.2) is 42.5 Å². The molecule has 0 fully saturated rings. The first-order chi connectivity index (χ1) is 9.47. The van der Waals surface area contributed by atoms with E-state index in [-0.39, 0.29) is 16.9 Å². The highest BCUT2D eigenvalue weighted by Crippen LogP contribution is 2.21. The molecule has 0 aromatic heterocycles. The van der Waals surface area contributed by atoms with Gasteiger partial charge in [0.2, 0.25) is 0 Å². The van der Waals surface area contributed by atoms with Gasteiger partial charge in [0.15, 0.2) is 0 Å². The molecule has 2 rings (SSSR count). The smallest absolute Gasteiger partial charge is 0.270 e. The van der Waals surface area contributed by atoms with Crippen molar-refractivity contribution in [2.24, 2.45) is 0 Å². The molecule has 1 N–H and O–H groups in total. The molecule has 2 aromatic rings. The van der Waals surface area contributed by atoms with Crippen LogP contribution >= 0.6 is 22.6 Å². The van der Waals surface area contributed by atoms with E-state index in [0.29, 0.717) is 3.57 Å². The lowest BCUT2D eigenvalue weighted by Crippen LogP contribution is -2.13. The molecular formula is C13H8FIN2O3. The minimum absolute atomic E-state index is 0.170. The largest absolute Gasteiger partial charge is 0.322 e. The predicted octanol–water partition coefficient (Wildman–Crippen LogP) is 3.59. The first-order valence-electron chi connectivity index (χ1n) is 5.48. The second-order valence-corrected chi connectivity index (χ2v) is 5.05. The Morgan fingerprint density at radius 3 is 2.65 bits per heavy atom. The lowest BCUT2D eigenvalue weighted by atomic mass is 10.2. The van der Waals surface area contributed by atoms with Gasteiger partial charge >= 0.3 is 0 Å². The Hall–Kier alpha value is -2.03. The molecule has 1 amide bonds. The number of hydrogen-bond donors (Lipinski definition) is 1. The minimum atomic E-state index is -0.574. The van der Waals surface area contributed by atoms with E-state index < -0.39 is 16.6 Å². The van der Waals surface area contributed by atoms with Crippen LogP contribution in [0.3, 0.4) is 0 Å². The maximum atomic E-state index is 13.0. The maximum Gasteiger partial charge on any atom is 0.270 e. The first-order valence-corrected chi connectivity index (χ1v) is 6.56. The molecule has 7 heteroatoms. The number of nitro groups is 1. The molecule has 0 spiro atoms. The molecule has 0 saturated heterocycles. The van der Waals surface area contributed by atoms with Gasteiger partial charge in [-0.1, -0.05) is 6.07 Å². The number of benzene rings is 2. The third-order valence-corrected chi connectivity index (χ3v) is 3.43. The number of carbonyl (C=O) groups excluding carboxylic acids is 1. The molecule has 20 heavy (non-hydrogen) atoms. The van der Waals surface area contributed by atoms with E-state index in [0.717, 1.165) is 0 Å². The van der Waals surface area contributed by atoms with Gasteiger partial charge in [-0.3, -0.25) is 14.9 Å². The zero-order valence-electron chi connectivity index (χ0n) is 9.97. The van der Waals surface area contributed by atoms with Crippen molar-refractivity contribution >= 4 is 39.9 Å². The number of rotatable bonds is 3. The van der Waals surface area contributed by atoms with Gasteiger partial charge in [-0.25, -0.2) is 4.39 Å². The van der Waals surface area contributed by atoms with Crippen LogP contribution in [0.4, 0.5) is 15.8 Å². The summed E-state index contributed by atoms with van der Waals surface area (Å²) >= 11 is 1.91. The van der Waals surface area contributed by atoms with Crippen LogP contribution in [-0.4, -0.2) is 10.8 Å². The molecule has 0 atom stereocenters. The van der Waals surface area contributed by atoms with Crippen LogP contribution in [0.1, 0.15) is 10.4 Å². The van der Waals surface area contributed by atoms with Gasteiger partial charge in [0.05, 0.1) is 10.5 Å². The van der Waals surface area contributed by atoms with Crippen molar-refractivity contribution in [2.75, 3.05) is 5.32 Å². The van der Waals surface area contributed by atoms with E-state index in [1.807, 2.05) is 22.6 Å². The third-order valence-electron chi connectivity index (χ3n) is 2.49. The number of nitro benzene ring substituents is 1. The number of anilines is 1. The lowest BCUT2D eigenvalue weighted by Gasteiger charge is -2.07. The van der Waals surface area contributed by atoms with E-state index in [2.05, 4.69) is 5.32 Å². The molecule has 0 aliphatic rings. The Morgan fingerprint density at radius 1 is 1.25 bits per heavy atom. The Balaban J connectivity index is 2.29. The number of hydrogen-bond acceptors (Lipinski definition) is 3. The molecular weight excluding hydrogens is 378 g/mol. The summed E-state index contributed by atoms with van der Waals surface area (Å²) in [4.78, 5) is 22.2. The van der Waals surface area contributed by atoms with Gasteiger partial charge < -0.3 is 5.32 Å². The summed E-state index contributed by atoms with van der Waals surface area (Å²) in [6.45, 7) is 0. The molecule has 0 aliphatic carbocycles. The number of carbonyl (C=O) groups is 1. The summed E-state index contributed by atoms with van der Waals surface area (Å²) in [5, 5.41) is 13.2. The fraction of sp³-hybridized carbons (Fsp3) is 0. The van der Waals surface area contributed by atoms with Crippen LogP contribution in [0.5, 0.6) is 0 Å². The molecule has 102 valence electrons. The summed E-state index contributed by atoms with van der Waals surface area (Å²) in [5.41, 5.74) is 0.288. The van der Waals surface area contributed by atoms with Gasteiger partial charge in [0, 0.05) is 21.4 Å². The van der Waals surface area contributed by atoms with Crippen molar-refractivity contribution in [3.05, 3.63) is 67.5 Å². The van der Waals surface area contributed by atoms with Crippen LogP contribution in [0.2, 0.25) is 0 Å². The minimum Gasteiger partial charge on any atom is -0.322 e. The van der Waals surface area contributed by atoms with Crippen molar-refractivity contribution in [1.82, 2.24) is 0 Å². The fourth-order valence-corrected chi connectivity index (χ4v) is 2.15. The molecule has 0 saturated carbocycles. The quantitative estimate of drug-likeness (QED) is 0.498. The van der Waals surface area contributed by atoms with Crippen LogP contribution in [0.25, 0.3) is 0 Å². The van der Waals surface area contributed by atoms with Gasteiger partial charge in [0.1, 0.15) is 5.82 Å². The van der Waals surface area contributed by atoms with E-state index in [4.69, 9.17) is 0 Å². The van der Waals surface area contributed by atoms with Crippen molar-refractivity contribution in [1.29, 1.82) is 0 Å². The second kappa shape index (κ2) is 5.95. The zero-order valence-corrected chi connectivity index (χ0v) is 12.1. The number of halogens is 2. The summed E-state index contributed by atoms with van der Waals surface area (Å²) in [7, 11) is 0. The summed E-state index contributed by atoms with van der Waals surface area (Å²) < 4.78 is 13.6. The number of non-ortho nitro benzene ring substituents is 1. The Morgan fingerprint density at radius 2 is 2.00 bits per heavy atom. The summed E-state index contributed by atoms with van der Waals surface area (Å²) in [5.74, 6) is -1.000. The average molecular weight is 386 g/mol. The predicted molar refractivity (Wildman–Crippen MR) is 80.2 cm³/mol. The molecule has 0 unspecified atom stereocenters. The lowest BCUT2D eigenvalue weighted by molar-refractivity contribution is -0.384. The van der Waals surface area contributed by atoms with Crippen LogP contribution in [-0.2, 0) is 0 Å². The normalized spacial score (nSPS) is 10.1. The molecule has 0 heterocycles. The van der Waals surface area contributed by atoms with Crippen LogP contribution < -0.4 is 5.32 Å². The van der Waals surface area contributed by atoms with Gasteiger partial charge in [-0.2, -0.15) is 0 Å². The number of nitrogens with zero attached hydrogens (tertiary/aromatic N) is 1. The fourth-order valence-electron chi connectivity index (χ4n) is 1.57. The number of amides is 1. The summed E-state index contributed by atoms with van der Waals surface area (Å²) in [6.07, 6.45) is 0. The highest BCUT2D eigenvalue weighted by atomic mass is 127. The second-order valence-electron chi connectivity index (χ2n) is 3.89. The average Bonchev–Trinajstić information content (AvgIpc) is 2.38. The van der Waals surface area contributed by atoms with E-state index in [1.165, 1.54) is 42.5 Å². The molecule has 2 aromatic carbocycles. The highest BCUT2D eigenvalue weighted by Gasteiger charge is 2.15.